The first-order valence-corrected chi connectivity index (χ1v) is 10.1. The number of nitrogens with zero attached hydrogens (tertiary/aromatic N) is 2. The van der Waals surface area contributed by atoms with Crippen molar-refractivity contribution < 1.29 is 14.3 Å². The van der Waals surface area contributed by atoms with Crippen molar-refractivity contribution >= 4 is 23.4 Å². The largest absolute Gasteiger partial charge is 0.497 e. The van der Waals surface area contributed by atoms with Crippen LogP contribution in [0.15, 0.2) is 42.5 Å². The quantitative estimate of drug-likeness (QED) is 0.377. The number of ether oxygens (including phenoxy) is 1. The number of benzene rings is 2. The lowest BCUT2D eigenvalue weighted by Crippen LogP contribution is -2.26. The van der Waals surface area contributed by atoms with E-state index in [4.69, 9.17) is 9.72 Å². The number of imidazole rings is 1. The normalized spacial score (nSPS) is 10.7. The van der Waals surface area contributed by atoms with Gasteiger partial charge in [0.15, 0.2) is 0 Å². The molecular weight excluding hydrogens is 380 g/mol. The molecule has 2 amide bonds. The number of methoxy groups -OCH3 is 1. The second-order valence-electron chi connectivity index (χ2n) is 7.15. The number of rotatable bonds is 11. The maximum Gasteiger partial charge on any atom is 0.220 e. The van der Waals surface area contributed by atoms with Gasteiger partial charge in [-0.3, -0.25) is 9.59 Å². The highest BCUT2D eigenvalue weighted by molar-refractivity contribution is 5.80. The molecule has 0 saturated heterocycles. The van der Waals surface area contributed by atoms with Crippen molar-refractivity contribution in [1.82, 2.24) is 20.2 Å². The van der Waals surface area contributed by atoms with E-state index in [0.717, 1.165) is 40.2 Å². The molecule has 3 aromatic rings. The molecule has 158 valence electrons. The molecule has 1 heterocycles. The Balaban J connectivity index is 1.58. The number of carbonyl (C=O) groups is 2. The average Bonchev–Trinajstić information content (AvgIpc) is 3.11. The van der Waals surface area contributed by atoms with Crippen LogP contribution in [0.5, 0.6) is 5.75 Å². The molecular formula is C23H28N4O3. The minimum absolute atomic E-state index is 0.000703. The van der Waals surface area contributed by atoms with Crippen LogP contribution in [0.3, 0.4) is 0 Å². The van der Waals surface area contributed by atoms with Gasteiger partial charge in [0.05, 0.1) is 18.1 Å². The Morgan fingerprint density at radius 2 is 2.00 bits per heavy atom. The molecule has 1 aromatic heterocycles. The molecule has 0 unspecified atom stereocenters. The number of hydrogen-bond donors (Lipinski definition) is 2. The van der Waals surface area contributed by atoms with Crippen LogP contribution < -0.4 is 15.4 Å². The maximum atomic E-state index is 12.4. The zero-order valence-corrected chi connectivity index (χ0v) is 17.5. The summed E-state index contributed by atoms with van der Waals surface area (Å²) in [5.41, 5.74) is 4.21. The first kappa shape index (κ1) is 21.4. The molecule has 0 aliphatic heterocycles. The number of para-hydroxylation sites is 1. The van der Waals surface area contributed by atoms with Gasteiger partial charge in [0.25, 0.3) is 0 Å². The smallest absolute Gasteiger partial charge is 0.220 e. The van der Waals surface area contributed by atoms with Crippen molar-refractivity contribution in [1.29, 1.82) is 0 Å². The van der Waals surface area contributed by atoms with Crippen LogP contribution in [0.1, 0.15) is 23.4 Å². The standard InChI is InChI=1S/C23H28N4O3/c1-17-5-3-8-20-23(17)27(14-13-24-16-28)21(26-20)9-10-22(29)25-12-11-18-6-4-7-19(15-18)30-2/h3-8,15-16H,9-14H2,1-2H3,(H,24,28)(H,25,29). The molecule has 30 heavy (non-hydrogen) atoms. The van der Waals surface area contributed by atoms with Crippen LogP contribution in [0.25, 0.3) is 11.0 Å². The first-order chi connectivity index (χ1) is 14.6. The Labute approximate surface area is 176 Å². The third kappa shape index (κ3) is 5.37. The monoisotopic (exact) mass is 408 g/mol. The van der Waals surface area contributed by atoms with Gasteiger partial charge in [-0.2, -0.15) is 0 Å². The molecule has 2 aromatic carbocycles. The zero-order chi connectivity index (χ0) is 21.3. The Morgan fingerprint density at radius 1 is 1.17 bits per heavy atom. The maximum absolute atomic E-state index is 12.4. The zero-order valence-electron chi connectivity index (χ0n) is 17.5. The van der Waals surface area contributed by atoms with Crippen molar-refractivity contribution in [3.05, 3.63) is 59.4 Å². The summed E-state index contributed by atoms with van der Waals surface area (Å²) in [5, 5.41) is 5.68. The van der Waals surface area contributed by atoms with E-state index in [1.54, 1.807) is 7.11 Å². The van der Waals surface area contributed by atoms with E-state index in [1.165, 1.54) is 0 Å². The number of aryl methyl sites for hydroxylation is 2. The van der Waals surface area contributed by atoms with Crippen LogP contribution in [0.4, 0.5) is 0 Å². The molecule has 2 N–H and O–H groups in total. The van der Waals surface area contributed by atoms with E-state index in [9.17, 15) is 9.59 Å². The SMILES string of the molecule is COc1cccc(CCNC(=O)CCc2nc3cccc(C)c3n2CCNC=O)c1. The number of aromatic nitrogens is 2. The van der Waals surface area contributed by atoms with E-state index in [-0.39, 0.29) is 5.91 Å². The van der Waals surface area contributed by atoms with Crippen molar-refractivity contribution in [2.24, 2.45) is 0 Å². The van der Waals surface area contributed by atoms with Gasteiger partial charge < -0.3 is 19.9 Å². The third-order valence-corrected chi connectivity index (χ3v) is 5.06. The highest BCUT2D eigenvalue weighted by Crippen LogP contribution is 2.21. The van der Waals surface area contributed by atoms with Crippen molar-refractivity contribution in [2.45, 2.75) is 32.7 Å². The number of fused-ring (bicyclic) bond motifs is 1. The number of nitrogens with one attached hydrogen (secondary N) is 2. The van der Waals surface area contributed by atoms with Crippen LogP contribution in [0, 0.1) is 6.92 Å². The van der Waals surface area contributed by atoms with Gasteiger partial charge in [-0.05, 0) is 42.7 Å². The van der Waals surface area contributed by atoms with E-state index in [1.807, 2.05) is 49.4 Å². The minimum atomic E-state index is -0.000703. The summed E-state index contributed by atoms with van der Waals surface area (Å²) in [4.78, 5) is 27.7. The molecule has 0 saturated carbocycles. The second-order valence-corrected chi connectivity index (χ2v) is 7.15. The van der Waals surface area contributed by atoms with E-state index >= 15 is 0 Å². The summed E-state index contributed by atoms with van der Waals surface area (Å²) in [7, 11) is 1.64. The third-order valence-electron chi connectivity index (χ3n) is 5.06. The molecule has 0 bridgehead atoms. The summed E-state index contributed by atoms with van der Waals surface area (Å²) < 4.78 is 7.33. The predicted octanol–water partition coefficient (Wildman–Crippen LogP) is 2.39. The van der Waals surface area contributed by atoms with Crippen molar-refractivity contribution in [3.63, 3.8) is 0 Å². The molecule has 3 rings (SSSR count). The Hall–Kier alpha value is -3.35. The highest BCUT2D eigenvalue weighted by atomic mass is 16.5. The molecule has 0 atom stereocenters. The fourth-order valence-corrected chi connectivity index (χ4v) is 3.57. The molecule has 0 aliphatic rings. The number of hydrogen-bond acceptors (Lipinski definition) is 4. The lowest BCUT2D eigenvalue weighted by Gasteiger charge is -2.10. The van der Waals surface area contributed by atoms with Crippen molar-refractivity contribution in [2.75, 3.05) is 20.2 Å². The van der Waals surface area contributed by atoms with Gasteiger partial charge >= 0.3 is 0 Å². The van der Waals surface area contributed by atoms with Gasteiger partial charge in [-0.1, -0.05) is 24.3 Å². The second kappa shape index (κ2) is 10.4. The summed E-state index contributed by atoms with van der Waals surface area (Å²) in [6, 6.07) is 13.8. The molecule has 0 spiro atoms. The van der Waals surface area contributed by atoms with E-state index in [0.29, 0.717) is 38.9 Å². The van der Waals surface area contributed by atoms with Gasteiger partial charge in [-0.25, -0.2) is 4.98 Å². The van der Waals surface area contributed by atoms with Crippen molar-refractivity contribution in [3.8, 4) is 5.75 Å². The summed E-state index contributed by atoms with van der Waals surface area (Å²) in [5.74, 6) is 1.67. The summed E-state index contributed by atoms with van der Waals surface area (Å²) in [6.07, 6.45) is 2.35. The Bertz CT molecular complexity index is 1010. The van der Waals surface area contributed by atoms with Gasteiger partial charge in [-0.15, -0.1) is 0 Å². The highest BCUT2D eigenvalue weighted by Gasteiger charge is 2.13. The fourth-order valence-electron chi connectivity index (χ4n) is 3.57. The number of amides is 2. The summed E-state index contributed by atoms with van der Waals surface area (Å²) >= 11 is 0. The van der Waals surface area contributed by atoms with Crippen LogP contribution in [-0.2, 0) is 29.0 Å². The molecule has 7 heteroatoms. The van der Waals surface area contributed by atoms with Crippen LogP contribution >= 0.6 is 0 Å². The lowest BCUT2D eigenvalue weighted by atomic mass is 10.1. The minimum Gasteiger partial charge on any atom is -0.497 e. The van der Waals surface area contributed by atoms with E-state index < -0.39 is 0 Å². The Morgan fingerprint density at radius 3 is 2.80 bits per heavy atom. The van der Waals surface area contributed by atoms with Gasteiger partial charge in [0, 0.05) is 32.5 Å². The van der Waals surface area contributed by atoms with Gasteiger partial charge in [0.2, 0.25) is 12.3 Å². The lowest BCUT2D eigenvalue weighted by molar-refractivity contribution is -0.121. The molecule has 0 aliphatic carbocycles. The predicted molar refractivity (Wildman–Crippen MR) is 117 cm³/mol. The fraction of sp³-hybridized carbons (Fsp3) is 0.348. The van der Waals surface area contributed by atoms with E-state index in [2.05, 4.69) is 15.2 Å². The number of carbonyl (C=O) groups excluding carboxylic acids is 2. The van der Waals surface area contributed by atoms with Gasteiger partial charge in [0.1, 0.15) is 11.6 Å². The molecule has 7 nitrogen and oxygen atoms in total. The van der Waals surface area contributed by atoms with Crippen LogP contribution in [0.2, 0.25) is 0 Å². The van der Waals surface area contributed by atoms with Crippen LogP contribution in [-0.4, -0.2) is 42.1 Å². The topological polar surface area (TPSA) is 85.2 Å². The summed E-state index contributed by atoms with van der Waals surface area (Å²) in [6.45, 7) is 3.75. The Kier molecular flexibility index (Phi) is 7.43. The molecule has 0 fully saturated rings. The first-order valence-electron chi connectivity index (χ1n) is 10.1. The average molecular weight is 409 g/mol. The molecule has 0 radical (unpaired) electrons.